The molecule has 2 unspecified atom stereocenters. The predicted molar refractivity (Wildman–Crippen MR) is 97.0 cm³/mol. The molecule has 2 fully saturated rings. The Balaban J connectivity index is 2.03. The molecule has 1 aromatic carbocycles. The Morgan fingerprint density at radius 1 is 1.46 bits per heavy atom. The number of anilines is 1. The highest BCUT2D eigenvalue weighted by molar-refractivity contribution is 8.16. The van der Waals surface area contributed by atoms with E-state index < -0.39 is 9.84 Å². The highest BCUT2D eigenvalue weighted by atomic mass is 35.5. The first-order valence-electron chi connectivity index (χ1n) is 7.46. The van der Waals surface area contributed by atoms with Gasteiger partial charge >= 0.3 is 0 Å². The zero-order valence-electron chi connectivity index (χ0n) is 13.2. The van der Waals surface area contributed by atoms with Crippen LogP contribution in [0.1, 0.15) is 13.3 Å². The second-order valence-electron chi connectivity index (χ2n) is 5.63. The fraction of sp³-hybridized carbons (Fsp3) is 0.467. The Kier molecular flexibility index (Phi) is 4.81. The van der Waals surface area contributed by atoms with E-state index in [0.29, 0.717) is 28.0 Å². The molecule has 0 saturated carbocycles. The van der Waals surface area contributed by atoms with Gasteiger partial charge < -0.3 is 9.64 Å². The van der Waals surface area contributed by atoms with E-state index in [2.05, 4.69) is 4.99 Å². The van der Waals surface area contributed by atoms with Crippen LogP contribution in [0.4, 0.5) is 5.69 Å². The molecule has 2 aliphatic rings. The largest absolute Gasteiger partial charge is 0.495 e. The van der Waals surface area contributed by atoms with Gasteiger partial charge in [-0.1, -0.05) is 30.3 Å². The van der Waals surface area contributed by atoms with Gasteiger partial charge in [0.15, 0.2) is 15.0 Å². The van der Waals surface area contributed by atoms with Crippen molar-refractivity contribution in [1.82, 2.24) is 0 Å². The van der Waals surface area contributed by atoms with Gasteiger partial charge in [0.25, 0.3) is 0 Å². The van der Waals surface area contributed by atoms with E-state index in [1.807, 2.05) is 4.90 Å². The topological polar surface area (TPSA) is 76.0 Å². The van der Waals surface area contributed by atoms with Crippen molar-refractivity contribution in [2.45, 2.75) is 24.6 Å². The summed E-state index contributed by atoms with van der Waals surface area (Å²) in [6.45, 7) is 1.74. The van der Waals surface area contributed by atoms with E-state index >= 15 is 0 Å². The third kappa shape index (κ3) is 3.27. The summed E-state index contributed by atoms with van der Waals surface area (Å²) in [4.78, 5) is 17.7. The molecule has 9 heteroatoms. The summed E-state index contributed by atoms with van der Waals surface area (Å²) in [7, 11) is -1.56. The van der Waals surface area contributed by atoms with Gasteiger partial charge in [-0.3, -0.25) is 4.79 Å². The number of carbonyl (C=O) groups is 1. The summed E-state index contributed by atoms with van der Waals surface area (Å²) in [6.07, 6.45) is 0.300. The second kappa shape index (κ2) is 6.57. The first-order chi connectivity index (χ1) is 11.3. The maximum Gasteiger partial charge on any atom is 0.247 e. The summed E-state index contributed by atoms with van der Waals surface area (Å²) >= 11 is 7.55. The summed E-state index contributed by atoms with van der Waals surface area (Å²) in [5.74, 6) is 0.450. The fourth-order valence-electron chi connectivity index (χ4n) is 2.86. The fourth-order valence-corrected chi connectivity index (χ4v) is 7.04. The molecule has 0 aliphatic carbocycles. The number of methoxy groups -OCH3 is 1. The smallest absolute Gasteiger partial charge is 0.247 e. The van der Waals surface area contributed by atoms with Gasteiger partial charge in [-0.2, -0.15) is 4.99 Å². The number of benzene rings is 1. The van der Waals surface area contributed by atoms with Gasteiger partial charge in [-0.25, -0.2) is 8.42 Å². The van der Waals surface area contributed by atoms with Crippen molar-refractivity contribution in [2.24, 2.45) is 4.99 Å². The summed E-state index contributed by atoms with van der Waals surface area (Å²) in [5.41, 5.74) is 0.709. The second-order valence-corrected chi connectivity index (χ2v) is 9.40. The summed E-state index contributed by atoms with van der Waals surface area (Å²) < 4.78 is 29.1. The SMILES string of the molecule is CCC(=O)N=C1SC2CS(=O)(=O)CC2N1c1ccc(OC)c(Cl)c1. The van der Waals surface area contributed by atoms with Crippen molar-refractivity contribution >= 4 is 50.0 Å². The molecule has 3 rings (SSSR count). The Labute approximate surface area is 150 Å². The van der Waals surface area contributed by atoms with Crippen LogP contribution in [0.25, 0.3) is 0 Å². The molecule has 6 nitrogen and oxygen atoms in total. The molecule has 2 heterocycles. The molecule has 1 aromatic rings. The number of thioether (sulfide) groups is 1. The number of aliphatic imine (C=N–C) groups is 1. The number of nitrogens with zero attached hydrogens (tertiary/aromatic N) is 2. The maximum absolute atomic E-state index is 12.0. The molecule has 24 heavy (non-hydrogen) atoms. The van der Waals surface area contributed by atoms with E-state index in [4.69, 9.17) is 16.3 Å². The van der Waals surface area contributed by atoms with Crippen molar-refractivity contribution in [3.8, 4) is 5.75 Å². The maximum atomic E-state index is 12.0. The monoisotopic (exact) mass is 388 g/mol. The number of amides is 1. The highest BCUT2D eigenvalue weighted by Gasteiger charge is 2.49. The molecule has 0 radical (unpaired) electrons. The quantitative estimate of drug-likeness (QED) is 0.791. The van der Waals surface area contributed by atoms with Gasteiger partial charge in [-0.05, 0) is 18.2 Å². The van der Waals surface area contributed by atoms with Crippen LogP contribution in [0, 0.1) is 0 Å². The Hall–Kier alpha value is -1.25. The molecule has 0 bridgehead atoms. The molecule has 130 valence electrons. The van der Waals surface area contributed by atoms with Crippen LogP contribution in [-0.4, -0.2) is 49.4 Å². The number of hydrogen-bond acceptors (Lipinski definition) is 5. The first kappa shape index (κ1) is 17.6. The van der Waals surface area contributed by atoms with Crippen molar-refractivity contribution in [3.05, 3.63) is 23.2 Å². The van der Waals surface area contributed by atoms with Gasteiger partial charge in [0.1, 0.15) is 5.75 Å². The van der Waals surface area contributed by atoms with Crippen molar-refractivity contribution < 1.29 is 17.9 Å². The minimum absolute atomic E-state index is 0.0493. The number of fused-ring (bicyclic) bond motifs is 1. The average molecular weight is 389 g/mol. The van der Waals surface area contributed by atoms with Crippen LogP contribution in [0.5, 0.6) is 5.75 Å². The molecular formula is C15H17ClN2O4S2. The molecular weight excluding hydrogens is 372 g/mol. The van der Waals surface area contributed by atoms with Crippen molar-refractivity contribution in [2.75, 3.05) is 23.5 Å². The number of ether oxygens (including phenoxy) is 1. The highest BCUT2D eigenvalue weighted by Crippen LogP contribution is 2.42. The van der Waals surface area contributed by atoms with E-state index in [-0.39, 0.29) is 28.7 Å². The van der Waals surface area contributed by atoms with Crippen LogP contribution in [0.15, 0.2) is 23.2 Å². The Bertz CT molecular complexity index is 810. The minimum atomic E-state index is -3.09. The van der Waals surface area contributed by atoms with Crippen molar-refractivity contribution in [3.63, 3.8) is 0 Å². The van der Waals surface area contributed by atoms with E-state index in [9.17, 15) is 13.2 Å². The molecule has 2 aliphatic heterocycles. The zero-order chi connectivity index (χ0) is 17.5. The lowest BCUT2D eigenvalue weighted by molar-refractivity contribution is -0.117. The molecule has 0 aromatic heterocycles. The third-order valence-electron chi connectivity index (χ3n) is 4.00. The lowest BCUT2D eigenvalue weighted by Gasteiger charge is -2.25. The van der Waals surface area contributed by atoms with Gasteiger partial charge in [0.2, 0.25) is 5.91 Å². The Morgan fingerprint density at radius 3 is 2.83 bits per heavy atom. The summed E-state index contributed by atoms with van der Waals surface area (Å²) in [6, 6.07) is 4.98. The van der Waals surface area contributed by atoms with E-state index in [1.54, 1.807) is 25.1 Å². The average Bonchev–Trinajstić information content (AvgIpc) is 2.97. The van der Waals surface area contributed by atoms with Gasteiger partial charge in [0, 0.05) is 17.4 Å². The van der Waals surface area contributed by atoms with E-state index in [0.717, 1.165) is 0 Å². The lowest BCUT2D eigenvalue weighted by Crippen LogP contribution is -2.37. The lowest BCUT2D eigenvalue weighted by atomic mass is 10.2. The van der Waals surface area contributed by atoms with E-state index in [1.165, 1.54) is 18.9 Å². The zero-order valence-corrected chi connectivity index (χ0v) is 15.6. The molecule has 2 saturated heterocycles. The van der Waals surface area contributed by atoms with Gasteiger partial charge in [-0.15, -0.1) is 0 Å². The number of hydrogen-bond donors (Lipinski definition) is 0. The predicted octanol–water partition coefficient (Wildman–Crippen LogP) is 2.36. The number of sulfone groups is 1. The van der Waals surface area contributed by atoms with Crippen LogP contribution in [0.2, 0.25) is 5.02 Å². The molecule has 1 amide bonds. The van der Waals surface area contributed by atoms with Crippen LogP contribution in [0.3, 0.4) is 0 Å². The number of rotatable bonds is 3. The molecule has 2 atom stereocenters. The number of carbonyl (C=O) groups excluding carboxylic acids is 1. The summed E-state index contributed by atoms with van der Waals surface area (Å²) in [5, 5.41) is 0.831. The third-order valence-corrected chi connectivity index (χ3v) is 7.51. The minimum Gasteiger partial charge on any atom is -0.495 e. The normalized spacial score (nSPS) is 26.6. The first-order valence-corrected chi connectivity index (χ1v) is 10.5. The molecule has 0 spiro atoms. The van der Waals surface area contributed by atoms with Crippen LogP contribution < -0.4 is 9.64 Å². The van der Waals surface area contributed by atoms with Crippen LogP contribution >= 0.6 is 23.4 Å². The number of amidine groups is 1. The molecule has 0 N–H and O–H groups in total. The number of halogens is 1. The van der Waals surface area contributed by atoms with Crippen LogP contribution in [-0.2, 0) is 14.6 Å². The van der Waals surface area contributed by atoms with Gasteiger partial charge in [0.05, 0.1) is 29.7 Å². The Morgan fingerprint density at radius 2 is 2.21 bits per heavy atom. The standard InChI is InChI=1S/C15H17ClN2O4S2/c1-3-14(19)17-15-18(9-4-5-12(22-2)10(16)6-9)11-7-24(20,21)8-13(11)23-15/h4-6,11,13H,3,7-8H2,1-2H3. The van der Waals surface area contributed by atoms with Crippen molar-refractivity contribution in [1.29, 1.82) is 0 Å².